The van der Waals surface area contributed by atoms with Gasteiger partial charge >= 0.3 is 5.97 Å². The Morgan fingerprint density at radius 3 is 2.71 bits per heavy atom. The smallest absolute Gasteiger partial charge is 0.328 e. The Kier molecular flexibility index (Phi) is 6.96. The van der Waals surface area contributed by atoms with Crippen molar-refractivity contribution in [2.24, 2.45) is 0 Å². The Balaban J connectivity index is 2.43. The van der Waals surface area contributed by atoms with Crippen molar-refractivity contribution in [1.82, 2.24) is 5.32 Å². The summed E-state index contributed by atoms with van der Waals surface area (Å²) >= 11 is 5.86. The fourth-order valence-corrected chi connectivity index (χ4v) is 1.81. The Morgan fingerprint density at radius 2 is 2.10 bits per heavy atom. The molecule has 0 aromatic heterocycles. The van der Waals surface area contributed by atoms with Crippen LogP contribution in [0.2, 0.25) is 5.02 Å². The van der Waals surface area contributed by atoms with Gasteiger partial charge in [0.2, 0.25) is 5.91 Å². The van der Waals surface area contributed by atoms with Crippen molar-refractivity contribution in [3.63, 3.8) is 0 Å². The van der Waals surface area contributed by atoms with E-state index < -0.39 is 12.0 Å². The molecule has 1 atom stereocenters. The molecule has 0 aliphatic carbocycles. The van der Waals surface area contributed by atoms with E-state index in [-0.39, 0.29) is 18.9 Å². The van der Waals surface area contributed by atoms with Gasteiger partial charge in [0.1, 0.15) is 12.6 Å². The number of esters is 1. The second-order valence-corrected chi connectivity index (χ2v) is 5.44. The summed E-state index contributed by atoms with van der Waals surface area (Å²) in [5.74, 6) is -0.698. The fourth-order valence-electron chi connectivity index (χ4n) is 1.60. The molecule has 0 saturated heterocycles. The number of halogens is 1. The van der Waals surface area contributed by atoms with E-state index in [0.29, 0.717) is 5.02 Å². The average Bonchev–Trinajstić information content (AvgIpc) is 2.37. The molecule has 114 valence electrons. The molecule has 0 bridgehead atoms. The van der Waals surface area contributed by atoms with E-state index >= 15 is 0 Å². The van der Waals surface area contributed by atoms with Gasteiger partial charge in [-0.2, -0.15) is 0 Å². The number of carbonyl (C=O) groups excluding carboxylic acids is 2. The number of amides is 1. The summed E-state index contributed by atoms with van der Waals surface area (Å²) in [4.78, 5) is 23.5. The van der Waals surface area contributed by atoms with Crippen molar-refractivity contribution in [2.45, 2.75) is 33.2 Å². The third kappa shape index (κ3) is 6.95. The molecule has 0 spiro atoms. The highest BCUT2D eigenvalue weighted by atomic mass is 35.5. The van der Waals surface area contributed by atoms with Crippen molar-refractivity contribution in [1.29, 1.82) is 0 Å². The van der Waals surface area contributed by atoms with E-state index in [1.54, 1.807) is 31.2 Å². The van der Waals surface area contributed by atoms with Gasteiger partial charge in [-0.15, -0.1) is 0 Å². The Bertz CT molecular complexity index is 536. The number of benzene rings is 1. The molecular weight excluding hydrogens is 290 g/mol. The lowest BCUT2D eigenvalue weighted by atomic mass is 10.1. The van der Waals surface area contributed by atoms with Crippen LogP contribution in [0.5, 0.6) is 0 Å². The number of hydrogen-bond acceptors (Lipinski definition) is 3. The summed E-state index contributed by atoms with van der Waals surface area (Å²) in [5.41, 5.74) is 1.87. The number of carbonyl (C=O) groups is 2. The second kappa shape index (κ2) is 8.47. The zero-order valence-corrected chi connectivity index (χ0v) is 13.2. The van der Waals surface area contributed by atoms with Gasteiger partial charge in [0.15, 0.2) is 0 Å². The maximum atomic E-state index is 11.8. The monoisotopic (exact) mass is 309 g/mol. The van der Waals surface area contributed by atoms with Crippen LogP contribution in [0, 0.1) is 0 Å². The molecule has 0 aliphatic heterocycles. The molecule has 0 radical (unpaired) electrons. The molecule has 1 amide bonds. The van der Waals surface area contributed by atoms with Gasteiger partial charge in [-0.3, -0.25) is 4.79 Å². The standard InChI is InChI=1S/C16H20ClNO3/c1-11(2)7-8-21-16(20)12(3)18-15(19)10-13-5-4-6-14(17)9-13/h4-7,9,12H,8,10H2,1-3H3,(H,18,19)/t12-/m0/s1. The van der Waals surface area contributed by atoms with Gasteiger partial charge in [0.05, 0.1) is 6.42 Å². The first-order chi connectivity index (χ1) is 9.88. The lowest BCUT2D eigenvalue weighted by Gasteiger charge is -2.13. The van der Waals surface area contributed by atoms with Crippen LogP contribution in [0.4, 0.5) is 0 Å². The number of hydrogen-bond donors (Lipinski definition) is 1. The third-order valence-corrected chi connectivity index (χ3v) is 2.94. The Labute approximate surface area is 130 Å². The van der Waals surface area contributed by atoms with E-state index in [1.165, 1.54) is 0 Å². The highest BCUT2D eigenvalue weighted by Crippen LogP contribution is 2.11. The average molecular weight is 310 g/mol. The molecule has 21 heavy (non-hydrogen) atoms. The van der Waals surface area contributed by atoms with Crippen LogP contribution in [0.3, 0.4) is 0 Å². The van der Waals surface area contributed by atoms with Crippen molar-refractivity contribution in [3.8, 4) is 0 Å². The normalized spacial score (nSPS) is 11.4. The number of rotatable bonds is 6. The quantitative estimate of drug-likeness (QED) is 0.649. The van der Waals surface area contributed by atoms with E-state index in [0.717, 1.165) is 11.1 Å². The first kappa shape index (κ1) is 17.2. The predicted molar refractivity (Wildman–Crippen MR) is 83.2 cm³/mol. The first-order valence-electron chi connectivity index (χ1n) is 6.72. The number of allylic oxidation sites excluding steroid dienone is 1. The molecule has 5 heteroatoms. The van der Waals surface area contributed by atoms with Crippen LogP contribution in [0.15, 0.2) is 35.9 Å². The highest BCUT2D eigenvalue weighted by Gasteiger charge is 2.16. The summed E-state index contributed by atoms with van der Waals surface area (Å²) in [5, 5.41) is 3.19. The molecule has 1 rings (SSSR count). The van der Waals surface area contributed by atoms with Gasteiger partial charge in [-0.25, -0.2) is 4.79 Å². The topological polar surface area (TPSA) is 55.4 Å². The second-order valence-electron chi connectivity index (χ2n) is 5.01. The third-order valence-electron chi connectivity index (χ3n) is 2.70. The largest absolute Gasteiger partial charge is 0.460 e. The summed E-state index contributed by atoms with van der Waals surface area (Å²) < 4.78 is 5.03. The number of ether oxygens (including phenoxy) is 1. The van der Waals surface area contributed by atoms with Crippen molar-refractivity contribution in [2.75, 3.05) is 6.61 Å². The van der Waals surface area contributed by atoms with Crippen molar-refractivity contribution in [3.05, 3.63) is 46.5 Å². The molecule has 0 heterocycles. The van der Waals surface area contributed by atoms with E-state index in [2.05, 4.69) is 5.32 Å². The first-order valence-corrected chi connectivity index (χ1v) is 7.10. The molecular formula is C16H20ClNO3. The fraction of sp³-hybridized carbons (Fsp3) is 0.375. The van der Waals surface area contributed by atoms with Crippen molar-refractivity contribution < 1.29 is 14.3 Å². The molecule has 0 saturated carbocycles. The van der Waals surface area contributed by atoms with Crippen LogP contribution >= 0.6 is 11.6 Å². The van der Waals surface area contributed by atoms with Gasteiger partial charge in [-0.05, 0) is 44.5 Å². The molecule has 4 nitrogen and oxygen atoms in total. The van der Waals surface area contributed by atoms with Crippen LogP contribution in [-0.2, 0) is 20.7 Å². The van der Waals surface area contributed by atoms with E-state index in [1.807, 2.05) is 19.9 Å². The Hall–Kier alpha value is -1.81. The number of nitrogens with one attached hydrogen (secondary N) is 1. The lowest BCUT2D eigenvalue weighted by Crippen LogP contribution is -2.40. The minimum Gasteiger partial charge on any atom is -0.460 e. The summed E-state index contributed by atoms with van der Waals surface area (Å²) in [7, 11) is 0. The van der Waals surface area contributed by atoms with Crippen LogP contribution in [0.25, 0.3) is 0 Å². The van der Waals surface area contributed by atoms with E-state index in [4.69, 9.17) is 16.3 Å². The van der Waals surface area contributed by atoms with Crippen LogP contribution in [-0.4, -0.2) is 24.5 Å². The molecule has 0 unspecified atom stereocenters. The summed E-state index contributed by atoms with van der Waals surface area (Å²) in [6, 6.07) is 6.37. The zero-order valence-electron chi connectivity index (χ0n) is 12.5. The maximum absolute atomic E-state index is 11.8. The van der Waals surface area contributed by atoms with Gasteiger partial charge in [-0.1, -0.05) is 29.3 Å². The molecule has 0 fully saturated rings. The minimum atomic E-state index is -0.678. The summed E-state index contributed by atoms with van der Waals surface area (Å²) in [6.07, 6.45) is 1.98. The van der Waals surface area contributed by atoms with E-state index in [9.17, 15) is 9.59 Å². The summed E-state index contributed by atoms with van der Waals surface area (Å²) in [6.45, 7) is 5.66. The molecule has 1 aromatic carbocycles. The highest BCUT2D eigenvalue weighted by molar-refractivity contribution is 6.30. The van der Waals surface area contributed by atoms with Gasteiger partial charge in [0.25, 0.3) is 0 Å². The van der Waals surface area contributed by atoms with Crippen LogP contribution in [0.1, 0.15) is 26.3 Å². The maximum Gasteiger partial charge on any atom is 0.328 e. The Morgan fingerprint density at radius 1 is 1.38 bits per heavy atom. The molecule has 1 aromatic rings. The van der Waals surface area contributed by atoms with Crippen molar-refractivity contribution >= 4 is 23.5 Å². The van der Waals surface area contributed by atoms with Gasteiger partial charge in [0, 0.05) is 5.02 Å². The minimum absolute atomic E-state index is 0.173. The molecule has 0 aliphatic rings. The predicted octanol–water partition coefficient (Wildman–Crippen LogP) is 2.90. The molecule has 1 N–H and O–H groups in total. The lowest BCUT2D eigenvalue weighted by molar-refractivity contribution is -0.146. The van der Waals surface area contributed by atoms with Gasteiger partial charge < -0.3 is 10.1 Å². The SMILES string of the molecule is CC(C)=CCOC(=O)[C@H](C)NC(=O)Cc1cccc(Cl)c1. The zero-order chi connectivity index (χ0) is 15.8. The van der Waals surface area contributed by atoms with Crippen LogP contribution < -0.4 is 5.32 Å².